The molecule has 1 heterocycles. The second-order valence-corrected chi connectivity index (χ2v) is 6.09. The van der Waals surface area contributed by atoms with Crippen molar-refractivity contribution in [1.82, 2.24) is 15.5 Å². The van der Waals surface area contributed by atoms with Gasteiger partial charge in [0.1, 0.15) is 0 Å². The number of alkyl halides is 3. The van der Waals surface area contributed by atoms with E-state index in [1.54, 1.807) is 24.3 Å². The Morgan fingerprint density at radius 1 is 1.15 bits per heavy atom. The number of carbonyl (C=O) groups is 1. The number of aromatic nitrogens is 2. The van der Waals surface area contributed by atoms with Gasteiger partial charge >= 0.3 is 18.2 Å². The van der Waals surface area contributed by atoms with Crippen LogP contribution in [0.3, 0.4) is 0 Å². The third kappa shape index (κ3) is 4.24. The molecular weight excluding hydrogens is 353 g/mol. The van der Waals surface area contributed by atoms with E-state index in [1.165, 1.54) is 0 Å². The molecule has 2 unspecified atom stereocenters. The molecule has 140 valence electrons. The molecule has 10 heteroatoms. The van der Waals surface area contributed by atoms with Crippen LogP contribution in [0.1, 0.15) is 31.6 Å². The van der Waals surface area contributed by atoms with Crippen LogP contribution >= 0.6 is 0 Å². The van der Waals surface area contributed by atoms with Gasteiger partial charge in [0.15, 0.2) is 0 Å². The molecule has 1 aliphatic carbocycles. The fourth-order valence-electron chi connectivity index (χ4n) is 3.02. The number of amides is 1. The maximum atomic E-state index is 12.5. The summed E-state index contributed by atoms with van der Waals surface area (Å²) in [7, 11) is 0. The molecule has 2 aromatic rings. The van der Waals surface area contributed by atoms with Gasteiger partial charge in [-0.1, -0.05) is 18.0 Å². The van der Waals surface area contributed by atoms with Crippen LogP contribution in [0, 0.1) is 0 Å². The number of benzene rings is 1. The van der Waals surface area contributed by atoms with Crippen LogP contribution in [0.2, 0.25) is 0 Å². The number of halogens is 3. The highest BCUT2D eigenvalue weighted by atomic mass is 19.4. The molecule has 0 saturated heterocycles. The SMILES string of the molecule is O=C(O)NC1CCCCC1Nc1ccc(-c2noc(C(F)(F)F)n2)cc1. The maximum Gasteiger partial charge on any atom is 0.471 e. The fourth-order valence-corrected chi connectivity index (χ4v) is 3.02. The average Bonchev–Trinajstić information content (AvgIpc) is 3.07. The van der Waals surface area contributed by atoms with Crippen LogP contribution < -0.4 is 10.6 Å². The Bertz CT molecular complexity index is 761. The quantitative estimate of drug-likeness (QED) is 0.758. The van der Waals surface area contributed by atoms with E-state index in [2.05, 4.69) is 25.3 Å². The van der Waals surface area contributed by atoms with Crippen LogP contribution in [0.15, 0.2) is 28.8 Å². The molecule has 0 aliphatic heterocycles. The molecule has 26 heavy (non-hydrogen) atoms. The standard InChI is InChI=1S/C16H17F3N4O3/c17-16(18,19)14-22-13(23-26-14)9-5-7-10(8-6-9)20-11-3-1-2-4-12(11)21-15(24)25/h5-8,11-12,20-21H,1-4H2,(H,24,25). The largest absolute Gasteiger partial charge is 0.471 e. The normalized spacial score (nSPS) is 20.6. The predicted octanol–water partition coefficient (Wildman–Crippen LogP) is 3.75. The van der Waals surface area contributed by atoms with Gasteiger partial charge in [-0.3, -0.25) is 0 Å². The van der Waals surface area contributed by atoms with Crippen molar-refractivity contribution in [3.05, 3.63) is 30.2 Å². The smallest absolute Gasteiger partial charge is 0.465 e. The molecule has 3 N–H and O–H groups in total. The Balaban J connectivity index is 1.69. The van der Waals surface area contributed by atoms with Crippen molar-refractivity contribution < 1.29 is 27.6 Å². The lowest BCUT2D eigenvalue weighted by molar-refractivity contribution is -0.159. The first-order chi connectivity index (χ1) is 12.3. The summed E-state index contributed by atoms with van der Waals surface area (Å²) in [5.41, 5.74) is 1.12. The van der Waals surface area contributed by atoms with Crippen molar-refractivity contribution in [3.8, 4) is 11.4 Å². The van der Waals surface area contributed by atoms with Crippen LogP contribution in [0.5, 0.6) is 0 Å². The number of nitrogens with one attached hydrogen (secondary N) is 2. The minimum atomic E-state index is -4.68. The number of hydrogen-bond acceptors (Lipinski definition) is 5. The molecule has 0 radical (unpaired) electrons. The zero-order chi connectivity index (χ0) is 18.7. The van der Waals surface area contributed by atoms with E-state index < -0.39 is 18.2 Å². The third-order valence-electron chi connectivity index (χ3n) is 4.24. The first kappa shape index (κ1) is 18.0. The monoisotopic (exact) mass is 370 g/mol. The zero-order valence-corrected chi connectivity index (χ0v) is 13.6. The Kier molecular flexibility index (Phi) is 5.01. The number of carboxylic acid groups (broad SMARTS) is 1. The van der Waals surface area contributed by atoms with E-state index in [-0.39, 0.29) is 17.9 Å². The zero-order valence-electron chi connectivity index (χ0n) is 13.6. The number of anilines is 1. The maximum absolute atomic E-state index is 12.5. The van der Waals surface area contributed by atoms with E-state index in [1.807, 2.05) is 0 Å². The van der Waals surface area contributed by atoms with Crippen molar-refractivity contribution in [2.75, 3.05) is 5.32 Å². The molecule has 1 aliphatic rings. The Morgan fingerprint density at radius 3 is 2.38 bits per heavy atom. The first-order valence-corrected chi connectivity index (χ1v) is 8.10. The van der Waals surface area contributed by atoms with Crippen molar-refractivity contribution in [2.45, 2.75) is 43.9 Å². The van der Waals surface area contributed by atoms with Crippen molar-refractivity contribution in [3.63, 3.8) is 0 Å². The highest BCUT2D eigenvalue weighted by Gasteiger charge is 2.38. The molecule has 7 nitrogen and oxygen atoms in total. The van der Waals surface area contributed by atoms with E-state index >= 15 is 0 Å². The highest BCUT2D eigenvalue weighted by molar-refractivity contribution is 5.65. The van der Waals surface area contributed by atoms with Gasteiger partial charge in [0.25, 0.3) is 0 Å². The summed E-state index contributed by atoms with van der Waals surface area (Å²) in [6.45, 7) is 0. The highest BCUT2D eigenvalue weighted by Crippen LogP contribution is 2.30. The van der Waals surface area contributed by atoms with Crippen LogP contribution in [-0.2, 0) is 6.18 Å². The van der Waals surface area contributed by atoms with Crippen LogP contribution in [-0.4, -0.2) is 33.4 Å². The summed E-state index contributed by atoms with van der Waals surface area (Å²) in [5, 5.41) is 18.1. The van der Waals surface area contributed by atoms with Gasteiger partial charge in [-0.15, -0.1) is 0 Å². The van der Waals surface area contributed by atoms with Gasteiger partial charge in [-0.2, -0.15) is 18.2 Å². The second-order valence-electron chi connectivity index (χ2n) is 6.09. The molecular formula is C16H17F3N4O3. The number of nitrogens with zero attached hydrogens (tertiary/aromatic N) is 2. The van der Waals surface area contributed by atoms with Crippen LogP contribution in [0.4, 0.5) is 23.7 Å². The molecule has 1 saturated carbocycles. The van der Waals surface area contributed by atoms with Crippen molar-refractivity contribution in [1.29, 1.82) is 0 Å². The Morgan fingerprint density at radius 2 is 1.81 bits per heavy atom. The summed E-state index contributed by atoms with van der Waals surface area (Å²) in [6, 6.07) is 6.29. The van der Waals surface area contributed by atoms with Gasteiger partial charge in [0, 0.05) is 17.3 Å². The first-order valence-electron chi connectivity index (χ1n) is 8.10. The molecule has 2 atom stereocenters. The lowest BCUT2D eigenvalue weighted by Crippen LogP contribution is -2.48. The molecule has 1 amide bonds. The van der Waals surface area contributed by atoms with E-state index in [0.29, 0.717) is 5.56 Å². The van der Waals surface area contributed by atoms with Crippen molar-refractivity contribution >= 4 is 11.8 Å². The Labute approximate surface area is 146 Å². The van der Waals surface area contributed by atoms with Gasteiger partial charge in [0.2, 0.25) is 5.82 Å². The number of rotatable bonds is 4. The molecule has 0 bridgehead atoms. The minimum absolute atomic E-state index is 0.0484. The van der Waals surface area contributed by atoms with Gasteiger partial charge in [-0.25, -0.2) is 4.79 Å². The summed E-state index contributed by atoms with van der Waals surface area (Å²) in [5.74, 6) is -1.54. The summed E-state index contributed by atoms with van der Waals surface area (Å²) in [6.07, 6.45) is -2.20. The van der Waals surface area contributed by atoms with Crippen LogP contribution in [0.25, 0.3) is 11.4 Å². The molecule has 3 rings (SSSR count). The summed E-state index contributed by atoms with van der Waals surface area (Å²) >= 11 is 0. The van der Waals surface area contributed by atoms with E-state index in [0.717, 1.165) is 31.4 Å². The molecule has 1 aromatic carbocycles. The van der Waals surface area contributed by atoms with E-state index in [9.17, 15) is 18.0 Å². The molecule has 1 fully saturated rings. The van der Waals surface area contributed by atoms with Gasteiger partial charge < -0.3 is 20.3 Å². The summed E-state index contributed by atoms with van der Waals surface area (Å²) in [4.78, 5) is 14.2. The lowest BCUT2D eigenvalue weighted by atomic mass is 9.90. The second kappa shape index (κ2) is 7.22. The summed E-state index contributed by atoms with van der Waals surface area (Å²) < 4.78 is 41.8. The van der Waals surface area contributed by atoms with Gasteiger partial charge in [-0.05, 0) is 37.1 Å². The van der Waals surface area contributed by atoms with E-state index in [4.69, 9.17) is 5.11 Å². The topological polar surface area (TPSA) is 100 Å². The predicted molar refractivity (Wildman–Crippen MR) is 85.6 cm³/mol. The fraction of sp³-hybridized carbons (Fsp3) is 0.438. The molecule has 1 aromatic heterocycles. The number of hydrogen-bond donors (Lipinski definition) is 3. The Hall–Kier alpha value is -2.78. The average molecular weight is 370 g/mol. The third-order valence-corrected chi connectivity index (χ3v) is 4.24. The molecule has 0 spiro atoms. The lowest BCUT2D eigenvalue weighted by Gasteiger charge is -2.32. The minimum Gasteiger partial charge on any atom is -0.465 e. The van der Waals surface area contributed by atoms with Gasteiger partial charge in [0.05, 0.1) is 6.04 Å². The van der Waals surface area contributed by atoms with Crippen molar-refractivity contribution in [2.24, 2.45) is 0 Å².